The van der Waals surface area contributed by atoms with Crippen molar-refractivity contribution in [3.8, 4) is 0 Å². The first-order valence-corrected chi connectivity index (χ1v) is 5.66. The van der Waals surface area contributed by atoms with E-state index in [0.29, 0.717) is 10.0 Å². The van der Waals surface area contributed by atoms with Crippen molar-refractivity contribution in [3.05, 3.63) is 45.9 Å². The average Bonchev–Trinajstić information content (AvgIpc) is 2.56. The molecule has 0 aliphatic heterocycles. The summed E-state index contributed by atoms with van der Waals surface area (Å²) in [4.78, 5) is 3.99. The fourth-order valence-corrected chi connectivity index (χ4v) is 1.66. The van der Waals surface area contributed by atoms with Crippen molar-refractivity contribution in [3.63, 3.8) is 0 Å². The Morgan fingerprint density at radius 1 is 1.53 bits per heavy atom. The number of hydrogen-bond donors (Lipinski definition) is 1. The summed E-state index contributed by atoms with van der Waals surface area (Å²) in [6.07, 6.45) is 3.07. The van der Waals surface area contributed by atoms with Gasteiger partial charge in [0.05, 0.1) is 18.1 Å². The van der Waals surface area contributed by atoms with E-state index in [1.54, 1.807) is 18.3 Å². The lowest BCUT2D eigenvalue weighted by Crippen LogP contribution is -1.97. The van der Waals surface area contributed by atoms with Crippen LogP contribution in [-0.4, -0.2) is 15.9 Å². The zero-order valence-corrected chi connectivity index (χ0v) is 10.6. The number of aryl methyl sites for hydroxylation is 1. The molecule has 4 nitrogen and oxygen atoms in total. The molecule has 0 aliphatic carbocycles. The van der Waals surface area contributed by atoms with Gasteiger partial charge < -0.3 is 5.73 Å². The maximum Gasteiger partial charge on any atom is 0.221 e. The quantitative estimate of drug-likeness (QED) is 0.866. The molecule has 0 unspecified atom stereocenters. The Morgan fingerprint density at radius 3 is 2.88 bits per heavy atom. The zero-order valence-electron chi connectivity index (χ0n) is 9.06. The first-order valence-electron chi connectivity index (χ1n) is 4.87. The molecule has 2 rings (SSSR count). The second-order valence-corrected chi connectivity index (χ2v) is 4.41. The van der Waals surface area contributed by atoms with E-state index in [-0.39, 0.29) is 11.8 Å². The van der Waals surface area contributed by atoms with Crippen molar-refractivity contribution in [2.24, 2.45) is 5.10 Å². The summed E-state index contributed by atoms with van der Waals surface area (Å²) in [5, 5.41) is 4.04. The molecule has 1 aromatic heterocycles. The molecule has 17 heavy (non-hydrogen) atoms. The number of aromatic nitrogens is 2. The smallest absolute Gasteiger partial charge is 0.221 e. The molecule has 0 saturated carbocycles. The third-order valence-electron chi connectivity index (χ3n) is 2.12. The highest BCUT2D eigenvalue weighted by Gasteiger charge is 2.01. The average molecular weight is 297 g/mol. The minimum atomic E-state index is -0.349. The van der Waals surface area contributed by atoms with Crippen LogP contribution in [0.3, 0.4) is 0 Å². The Kier molecular flexibility index (Phi) is 3.23. The molecule has 2 N–H and O–H groups in total. The van der Waals surface area contributed by atoms with Gasteiger partial charge in [0.1, 0.15) is 5.82 Å². The molecule has 0 aliphatic rings. The van der Waals surface area contributed by atoms with Crippen LogP contribution in [0, 0.1) is 12.7 Å². The predicted molar refractivity (Wildman–Crippen MR) is 68.5 cm³/mol. The zero-order chi connectivity index (χ0) is 12.4. The number of hydrogen-bond acceptors (Lipinski definition) is 3. The van der Waals surface area contributed by atoms with Crippen LogP contribution in [0.25, 0.3) is 0 Å². The summed E-state index contributed by atoms with van der Waals surface area (Å²) >= 11 is 3.19. The van der Waals surface area contributed by atoms with Crippen molar-refractivity contribution in [2.75, 3.05) is 5.73 Å². The van der Waals surface area contributed by atoms with Gasteiger partial charge in [0.2, 0.25) is 5.95 Å². The number of rotatable bonds is 2. The van der Waals surface area contributed by atoms with E-state index >= 15 is 0 Å². The van der Waals surface area contributed by atoms with Crippen LogP contribution in [0.15, 0.2) is 34.0 Å². The normalized spacial score (nSPS) is 11.2. The Balaban J connectivity index is 2.29. The van der Waals surface area contributed by atoms with Gasteiger partial charge in [0.25, 0.3) is 0 Å². The van der Waals surface area contributed by atoms with Crippen molar-refractivity contribution >= 4 is 28.1 Å². The van der Waals surface area contributed by atoms with E-state index in [2.05, 4.69) is 26.0 Å². The molecule has 0 amide bonds. The summed E-state index contributed by atoms with van der Waals surface area (Å²) in [5.74, 6) is -0.0743. The van der Waals surface area contributed by atoms with Crippen LogP contribution >= 0.6 is 15.9 Å². The van der Waals surface area contributed by atoms with Gasteiger partial charge in [-0.2, -0.15) is 5.10 Å². The highest BCUT2D eigenvalue weighted by molar-refractivity contribution is 9.10. The fraction of sp³-hybridized carbons (Fsp3) is 0.0909. The molecule has 88 valence electrons. The maximum absolute atomic E-state index is 13.5. The SMILES string of the molecule is Cc1cn(N=Cc2ccc(Br)cc2F)c(N)n1. The molecule has 6 heteroatoms. The van der Waals surface area contributed by atoms with E-state index in [4.69, 9.17) is 5.73 Å². The monoisotopic (exact) mass is 296 g/mol. The lowest BCUT2D eigenvalue weighted by Gasteiger charge is -1.98. The van der Waals surface area contributed by atoms with Crippen molar-refractivity contribution in [2.45, 2.75) is 6.92 Å². The third-order valence-corrected chi connectivity index (χ3v) is 2.61. The minimum Gasteiger partial charge on any atom is -0.368 e. The van der Waals surface area contributed by atoms with Crippen molar-refractivity contribution < 1.29 is 4.39 Å². The van der Waals surface area contributed by atoms with E-state index < -0.39 is 0 Å². The largest absolute Gasteiger partial charge is 0.368 e. The molecule has 0 fully saturated rings. The number of benzene rings is 1. The summed E-state index contributed by atoms with van der Waals surface area (Å²) in [7, 11) is 0. The topological polar surface area (TPSA) is 56.2 Å². The van der Waals surface area contributed by atoms with E-state index in [1.165, 1.54) is 17.0 Å². The van der Waals surface area contributed by atoms with Crippen LogP contribution < -0.4 is 5.73 Å². The van der Waals surface area contributed by atoms with E-state index in [1.807, 2.05) is 6.92 Å². The molecule has 0 bridgehead atoms. The molecule has 1 heterocycles. The van der Waals surface area contributed by atoms with Crippen LogP contribution in [0.2, 0.25) is 0 Å². The summed E-state index contributed by atoms with van der Waals surface area (Å²) in [6, 6.07) is 4.75. The first-order chi connectivity index (χ1) is 8.06. The number of nitrogens with two attached hydrogens (primary N) is 1. The Labute approximate surface area is 106 Å². The first kappa shape index (κ1) is 11.8. The minimum absolute atomic E-state index is 0.274. The van der Waals surface area contributed by atoms with Crippen LogP contribution in [-0.2, 0) is 0 Å². The number of anilines is 1. The molecule has 0 atom stereocenters. The second-order valence-electron chi connectivity index (χ2n) is 3.50. The fourth-order valence-electron chi connectivity index (χ4n) is 1.33. The second kappa shape index (κ2) is 4.67. The Hall–Kier alpha value is -1.69. The molecule has 0 spiro atoms. The highest BCUT2D eigenvalue weighted by Crippen LogP contribution is 2.14. The number of nitrogens with zero attached hydrogens (tertiary/aromatic N) is 3. The standard InChI is InChI=1S/C11H10BrFN4/c1-7-6-17(11(14)16-7)15-5-8-2-3-9(12)4-10(8)13/h2-6H,1H3,(H2,14,16). The van der Waals surface area contributed by atoms with Gasteiger partial charge in [-0.1, -0.05) is 15.9 Å². The third kappa shape index (κ3) is 2.71. The maximum atomic E-state index is 13.5. The molecule has 1 aromatic carbocycles. The lowest BCUT2D eigenvalue weighted by molar-refractivity contribution is 0.625. The Morgan fingerprint density at radius 2 is 2.29 bits per heavy atom. The van der Waals surface area contributed by atoms with Gasteiger partial charge in [-0.05, 0) is 25.1 Å². The van der Waals surface area contributed by atoms with Gasteiger partial charge in [-0.15, -0.1) is 0 Å². The van der Waals surface area contributed by atoms with Gasteiger partial charge in [-0.3, -0.25) is 0 Å². The van der Waals surface area contributed by atoms with Crippen LogP contribution in [0.5, 0.6) is 0 Å². The molecular weight excluding hydrogens is 287 g/mol. The van der Waals surface area contributed by atoms with Gasteiger partial charge in [0.15, 0.2) is 0 Å². The number of imidazole rings is 1. The van der Waals surface area contributed by atoms with Crippen molar-refractivity contribution in [1.82, 2.24) is 9.66 Å². The molecule has 0 saturated heterocycles. The van der Waals surface area contributed by atoms with Crippen LogP contribution in [0.1, 0.15) is 11.3 Å². The Bertz CT molecular complexity index is 577. The predicted octanol–water partition coefficient (Wildman–Crippen LogP) is 2.56. The van der Waals surface area contributed by atoms with Gasteiger partial charge >= 0.3 is 0 Å². The summed E-state index contributed by atoms with van der Waals surface area (Å²) in [5.41, 5.74) is 6.75. The molecular formula is C11H10BrFN4. The molecule has 0 radical (unpaired) electrons. The lowest BCUT2D eigenvalue weighted by atomic mass is 10.2. The van der Waals surface area contributed by atoms with E-state index in [9.17, 15) is 4.39 Å². The van der Waals surface area contributed by atoms with Crippen LogP contribution in [0.4, 0.5) is 10.3 Å². The number of nitrogen functional groups attached to an aromatic ring is 1. The van der Waals surface area contributed by atoms with E-state index in [0.717, 1.165) is 5.69 Å². The summed E-state index contributed by atoms with van der Waals surface area (Å²) in [6.45, 7) is 1.81. The number of halogens is 2. The summed E-state index contributed by atoms with van der Waals surface area (Å²) < 4.78 is 15.6. The highest BCUT2D eigenvalue weighted by atomic mass is 79.9. The molecule has 2 aromatic rings. The van der Waals surface area contributed by atoms with Crippen molar-refractivity contribution in [1.29, 1.82) is 0 Å². The van der Waals surface area contributed by atoms with Gasteiger partial charge in [0, 0.05) is 10.0 Å². The van der Waals surface area contributed by atoms with Gasteiger partial charge in [-0.25, -0.2) is 14.1 Å².